The van der Waals surface area contributed by atoms with Gasteiger partial charge in [0.2, 0.25) is 0 Å². The van der Waals surface area contributed by atoms with Crippen LogP contribution in [0, 0.1) is 5.82 Å². The quantitative estimate of drug-likeness (QED) is 0.782. The molecule has 0 radical (unpaired) electrons. The van der Waals surface area contributed by atoms with E-state index in [-0.39, 0.29) is 5.82 Å². The van der Waals surface area contributed by atoms with Gasteiger partial charge in [-0.05, 0) is 35.7 Å². The molecule has 1 heterocycles. The summed E-state index contributed by atoms with van der Waals surface area (Å²) in [7, 11) is 0. The lowest BCUT2D eigenvalue weighted by atomic mass is 10.1. The molecule has 2 nitrogen and oxygen atoms in total. The molecule has 0 aliphatic rings. The molecule has 90 valence electrons. The molecule has 0 N–H and O–H groups in total. The van der Waals surface area contributed by atoms with Crippen LogP contribution < -0.4 is 0 Å². The number of nitrogens with zero attached hydrogens (tertiary/aromatic N) is 2. The van der Waals surface area contributed by atoms with E-state index in [1.54, 1.807) is 10.7 Å². The Kier molecular flexibility index (Phi) is 3.62. The summed E-state index contributed by atoms with van der Waals surface area (Å²) in [5, 5.41) is 5.10. The molecule has 0 saturated carbocycles. The van der Waals surface area contributed by atoms with E-state index in [1.165, 1.54) is 12.1 Å². The number of hydrogen-bond donors (Lipinski definition) is 0. The van der Waals surface area contributed by atoms with E-state index in [0.717, 1.165) is 16.9 Å². The lowest BCUT2D eigenvalue weighted by molar-refractivity contribution is 0.625. The average molecular weight is 297 g/mol. The van der Waals surface area contributed by atoms with Crippen LogP contribution in [0.25, 0.3) is 5.69 Å². The van der Waals surface area contributed by atoms with Gasteiger partial charge >= 0.3 is 0 Å². The van der Waals surface area contributed by atoms with Crippen molar-refractivity contribution < 1.29 is 4.39 Å². The van der Waals surface area contributed by atoms with Gasteiger partial charge in [-0.2, -0.15) is 5.10 Å². The van der Waals surface area contributed by atoms with Gasteiger partial charge in [0.05, 0.1) is 11.4 Å². The Morgan fingerprint density at radius 1 is 1.35 bits per heavy atom. The number of rotatable bonds is 3. The van der Waals surface area contributed by atoms with Crippen molar-refractivity contribution in [2.45, 2.75) is 25.1 Å². The molecule has 0 saturated heterocycles. The summed E-state index contributed by atoms with van der Waals surface area (Å²) in [5.74, 6) is 0.170. The highest BCUT2D eigenvalue weighted by Crippen LogP contribution is 2.20. The van der Waals surface area contributed by atoms with E-state index < -0.39 is 0 Å². The lowest BCUT2D eigenvalue weighted by Crippen LogP contribution is -2.01. The van der Waals surface area contributed by atoms with Gasteiger partial charge in [0, 0.05) is 11.5 Å². The second-order valence-electron chi connectivity index (χ2n) is 4.25. The van der Waals surface area contributed by atoms with E-state index in [1.807, 2.05) is 12.3 Å². The topological polar surface area (TPSA) is 17.8 Å². The highest BCUT2D eigenvalue weighted by molar-refractivity contribution is 9.08. The van der Waals surface area contributed by atoms with Crippen LogP contribution in [0.2, 0.25) is 0 Å². The molecule has 0 aliphatic heterocycles. The molecule has 17 heavy (non-hydrogen) atoms. The van der Waals surface area contributed by atoms with E-state index in [4.69, 9.17) is 0 Å². The van der Waals surface area contributed by atoms with Crippen molar-refractivity contribution in [1.29, 1.82) is 0 Å². The smallest absolute Gasteiger partial charge is 0.123 e. The van der Waals surface area contributed by atoms with Gasteiger partial charge in [-0.3, -0.25) is 0 Å². The van der Waals surface area contributed by atoms with Gasteiger partial charge in [-0.15, -0.1) is 0 Å². The molecule has 0 fully saturated rings. The van der Waals surface area contributed by atoms with Crippen molar-refractivity contribution in [3.63, 3.8) is 0 Å². The van der Waals surface area contributed by atoms with Gasteiger partial charge in [0.25, 0.3) is 0 Å². The highest BCUT2D eigenvalue weighted by Gasteiger charge is 2.08. The number of hydrogen-bond acceptors (Lipinski definition) is 1. The summed E-state index contributed by atoms with van der Waals surface area (Å²) in [6, 6.07) is 6.73. The third-order valence-electron chi connectivity index (χ3n) is 2.63. The van der Waals surface area contributed by atoms with Gasteiger partial charge in [-0.1, -0.05) is 29.8 Å². The lowest BCUT2D eigenvalue weighted by Gasteiger charge is -2.07. The molecular formula is C13H14BrFN2. The molecular weight excluding hydrogens is 283 g/mol. The minimum Gasteiger partial charge on any atom is -0.240 e. The fourth-order valence-electron chi connectivity index (χ4n) is 1.66. The predicted octanol–water partition coefficient (Wildman–Crippen LogP) is 4.03. The SMILES string of the molecule is CC(C)c1ccn(-c2ccc(F)cc2CBr)n1. The maximum absolute atomic E-state index is 13.1. The second-order valence-corrected chi connectivity index (χ2v) is 4.81. The molecule has 2 aromatic rings. The van der Waals surface area contributed by atoms with Crippen molar-refractivity contribution in [3.8, 4) is 5.69 Å². The van der Waals surface area contributed by atoms with Crippen molar-refractivity contribution in [1.82, 2.24) is 9.78 Å². The molecule has 0 bridgehead atoms. The van der Waals surface area contributed by atoms with E-state index in [0.29, 0.717) is 11.2 Å². The Hall–Kier alpha value is -1.16. The number of halogens is 2. The number of alkyl halides is 1. The van der Waals surface area contributed by atoms with Crippen molar-refractivity contribution >= 4 is 15.9 Å². The molecule has 0 spiro atoms. The number of aromatic nitrogens is 2. The zero-order chi connectivity index (χ0) is 12.4. The van der Waals surface area contributed by atoms with E-state index in [2.05, 4.69) is 34.9 Å². The fourth-order valence-corrected chi connectivity index (χ4v) is 2.11. The van der Waals surface area contributed by atoms with E-state index in [9.17, 15) is 4.39 Å². The first kappa shape index (κ1) is 12.3. The predicted molar refractivity (Wildman–Crippen MR) is 70.2 cm³/mol. The van der Waals surface area contributed by atoms with E-state index >= 15 is 0 Å². The van der Waals surface area contributed by atoms with Crippen LogP contribution in [0.4, 0.5) is 4.39 Å². The maximum Gasteiger partial charge on any atom is 0.123 e. The Bertz CT molecular complexity index is 520. The van der Waals surface area contributed by atoms with Crippen LogP contribution in [0.3, 0.4) is 0 Å². The fraction of sp³-hybridized carbons (Fsp3) is 0.308. The molecule has 1 aromatic heterocycles. The van der Waals surface area contributed by atoms with Crippen LogP contribution in [0.1, 0.15) is 31.0 Å². The molecule has 2 rings (SSSR count). The van der Waals surface area contributed by atoms with Crippen LogP contribution in [0.5, 0.6) is 0 Å². The van der Waals surface area contributed by atoms with Crippen LogP contribution in [0.15, 0.2) is 30.5 Å². The summed E-state index contributed by atoms with van der Waals surface area (Å²) in [5.41, 5.74) is 2.84. The molecule has 0 atom stereocenters. The van der Waals surface area contributed by atoms with Crippen molar-refractivity contribution in [2.75, 3.05) is 0 Å². The minimum atomic E-state index is -0.223. The Morgan fingerprint density at radius 3 is 2.71 bits per heavy atom. The first-order valence-electron chi connectivity index (χ1n) is 5.52. The first-order valence-corrected chi connectivity index (χ1v) is 6.64. The summed E-state index contributed by atoms with van der Waals surface area (Å²) < 4.78 is 14.9. The Balaban J connectivity index is 2.44. The summed E-state index contributed by atoms with van der Waals surface area (Å²) >= 11 is 3.37. The molecule has 0 aliphatic carbocycles. The summed E-state index contributed by atoms with van der Waals surface area (Å²) in [6.45, 7) is 4.20. The van der Waals surface area contributed by atoms with Gasteiger partial charge in [0.15, 0.2) is 0 Å². The summed E-state index contributed by atoms with van der Waals surface area (Å²) in [4.78, 5) is 0. The number of benzene rings is 1. The third kappa shape index (κ3) is 2.57. The van der Waals surface area contributed by atoms with Gasteiger partial charge in [-0.25, -0.2) is 9.07 Å². The zero-order valence-electron chi connectivity index (χ0n) is 9.82. The Labute approximate surface area is 109 Å². The third-order valence-corrected chi connectivity index (χ3v) is 3.24. The minimum absolute atomic E-state index is 0.223. The van der Waals surface area contributed by atoms with Crippen molar-refractivity contribution in [2.24, 2.45) is 0 Å². The zero-order valence-corrected chi connectivity index (χ0v) is 11.4. The molecule has 4 heteroatoms. The van der Waals surface area contributed by atoms with Crippen LogP contribution in [-0.4, -0.2) is 9.78 Å². The van der Waals surface area contributed by atoms with Gasteiger partial charge < -0.3 is 0 Å². The maximum atomic E-state index is 13.1. The normalized spacial score (nSPS) is 11.1. The molecule has 0 unspecified atom stereocenters. The molecule has 1 aromatic carbocycles. The summed E-state index contributed by atoms with van der Waals surface area (Å²) in [6.07, 6.45) is 1.91. The van der Waals surface area contributed by atoms with Crippen molar-refractivity contribution in [3.05, 3.63) is 47.5 Å². The Morgan fingerprint density at radius 2 is 2.12 bits per heavy atom. The van der Waals surface area contributed by atoms with Gasteiger partial charge in [0.1, 0.15) is 5.82 Å². The first-order chi connectivity index (χ1) is 8.11. The monoisotopic (exact) mass is 296 g/mol. The highest BCUT2D eigenvalue weighted by atomic mass is 79.9. The second kappa shape index (κ2) is 5.00. The molecule has 0 amide bonds. The average Bonchev–Trinajstić information content (AvgIpc) is 2.78. The standard InChI is InChI=1S/C13H14BrFN2/c1-9(2)12-5-6-17(16-12)13-4-3-11(15)7-10(13)8-14/h3-7,9H,8H2,1-2H3. The van der Waals surface area contributed by atoms with Crippen LogP contribution >= 0.6 is 15.9 Å². The van der Waals surface area contributed by atoms with Crippen LogP contribution in [-0.2, 0) is 5.33 Å². The largest absolute Gasteiger partial charge is 0.240 e.